The number of nitrogen functional groups attached to an aromatic ring is 1. The Morgan fingerprint density at radius 3 is 2.50 bits per heavy atom. The van der Waals surface area contributed by atoms with E-state index in [1.54, 1.807) is 24.5 Å². The summed E-state index contributed by atoms with van der Waals surface area (Å²) in [6.07, 6.45) is 3.43. The van der Waals surface area contributed by atoms with Gasteiger partial charge in [0.25, 0.3) is 0 Å². The van der Waals surface area contributed by atoms with E-state index in [9.17, 15) is 4.39 Å². The molecule has 0 aliphatic heterocycles. The summed E-state index contributed by atoms with van der Waals surface area (Å²) in [6, 6.07) is 4.54. The second-order valence-corrected chi connectivity index (χ2v) is 3.17. The number of aryl methyl sites for hydroxylation is 1. The van der Waals surface area contributed by atoms with Crippen molar-refractivity contribution in [3.05, 3.63) is 42.0 Å². The van der Waals surface area contributed by atoms with E-state index in [-0.39, 0.29) is 30.6 Å². The van der Waals surface area contributed by atoms with E-state index in [1.807, 2.05) is 6.92 Å². The van der Waals surface area contributed by atoms with Crippen molar-refractivity contribution in [2.75, 3.05) is 5.73 Å². The molecule has 2 rings (SSSR count). The largest absolute Gasteiger partial charge is 0.399 e. The van der Waals surface area contributed by atoms with Gasteiger partial charge in [-0.3, -0.25) is 0 Å². The highest BCUT2D eigenvalue weighted by Crippen LogP contribution is 2.15. The number of hydrogen-bond donors (Lipinski definition) is 1. The van der Waals surface area contributed by atoms with Gasteiger partial charge in [0.05, 0.1) is 6.20 Å². The molecule has 16 heavy (non-hydrogen) atoms. The first-order valence-electron chi connectivity index (χ1n) is 4.23. The fourth-order valence-corrected chi connectivity index (χ4v) is 1.25. The highest BCUT2D eigenvalue weighted by atomic mass is 35.5. The van der Waals surface area contributed by atoms with E-state index in [2.05, 4.69) is 5.10 Å². The van der Waals surface area contributed by atoms with Crippen molar-refractivity contribution in [2.45, 2.75) is 6.92 Å². The number of hydrogen-bond acceptors (Lipinski definition) is 2. The van der Waals surface area contributed by atoms with E-state index < -0.39 is 0 Å². The molecule has 0 unspecified atom stereocenters. The molecule has 0 spiro atoms. The van der Waals surface area contributed by atoms with Gasteiger partial charge in [-0.2, -0.15) is 5.10 Å². The molecule has 1 aromatic carbocycles. The molecule has 2 aromatic rings. The molecule has 1 heterocycles. The molecule has 0 aliphatic rings. The average Bonchev–Trinajstić information content (AvgIpc) is 2.51. The van der Waals surface area contributed by atoms with Crippen LogP contribution in [0.25, 0.3) is 5.69 Å². The van der Waals surface area contributed by atoms with Gasteiger partial charge in [0.1, 0.15) is 5.69 Å². The zero-order chi connectivity index (χ0) is 10.1. The lowest BCUT2D eigenvalue weighted by molar-refractivity contribution is 0.611. The van der Waals surface area contributed by atoms with E-state index >= 15 is 0 Å². The van der Waals surface area contributed by atoms with Gasteiger partial charge in [-0.1, -0.05) is 0 Å². The highest BCUT2D eigenvalue weighted by molar-refractivity contribution is 5.85. The summed E-state index contributed by atoms with van der Waals surface area (Å²) in [5, 5.41) is 4.01. The summed E-state index contributed by atoms with van der Waals surface area (Å²) in [5.74, 6) is -0.367. The molecule has 1 aromatic heterocycles. The number of aromatic nitrogens is 2. The zero-order valence-electron chi connectivity index (χ0n) is 8.55. The Hall–Kier alpha value is -1.26. The molecular weight excluding hydrogens is 252 g/mol. The van der Waals surface area contributed by atoms with E-state index in [0.717, 1.165) is 5.56 Å². The molecule has 0 amide bonds. The molecule has 0 saturated carbocycles. The number of halogens is 3. The Morgan fingerprint density at radius 2 is 2.00 bits per heavy atom. The summed E-state index contributed by atoms with van der Waals surface area (Å²) < 4.78 is 14.9. The Kier molecular flexibility index (Phi) is 5.27. The third kappa shape index (κ3) is 2.87. The third-order valence-electron chi connectivity index (χ3n) is 1.93. The fourth-order valence-electron chi connectivity index (χ4n) is 1.25. The molecule has 3 nitrogen and oxygen atoms in total. The lowest BCUT2D eigenvalue weighted by Gasteiger charge is -2.03. The summed E-state index contributed by atoms with van der Waals surface area (Å²) in [6.45, 7) is 1.90. The maximum absolute atomic E-state index is 13.4. The Bertz CT molecular complexity index is 471. The van der Waals surface area contributed by atoms with Gasteiger partial charge in [-0.25, -0.2) is 9.07 Å². The van der Waals surface area contributed by atoms with Crippen LogP contribution in [0.4, 0.5) is 10.1 Å². The van der Waals surface area contributed by atoms with Crippen LogP contribution in [0.1, 0.15) is 5.56 Å². The summed E-state index contributed by atoms with van der Waals surface area (Å²) in [7, 11) is 0. The van der Waals surface area contributed by atoms with Crippen molar-refractivity contribution >= 4 is 30.5 Å². The van der Waals surface area contributed by atoms with Crippen LogP contribution in [0, 0.1) is 12.7 Å². The normalized spacial score (nSPS) is 9.12. The molecule has 0 atom stereocenters. The minimum Gasteiger partial charge on any atom is -0.399 e. The second kappa shape index (κ2) is 5.72. The average molecular weight is 264 g/mol. The van der Waals surface area contributed by atoms with Crippen LogP contribution in [0.5, 0.6) is 0 Å². The first kappa shape index (κ1) is 14.7. The van der Waals surface area contributed by atoms with Gasteiger partial charge < -0.3 is 5.73 Å². The highest BCUT2D eigenvalue weighted by Gasteiger charge is 2.05. The summed E-state index contributed by atoms with van der Waals surface area (Å²) in [4.78, 5) is 0. The van der Waals surface area contributed by atoms with Crippen LogP contribution >= 0.6 is 24.8 Å². The first-order chi connectivity index (χ1) is 6.66. The Balaban J connectivity index is 0.00000112. The number of benzene rings is 1. The van der Waals surface area contributed by atoms with Crippen LogP contribution in [-0.2, 0) is 0 Å². The summed E-state index contributed by atoms with van der Waals surface area (Å²) in [5.41, 5.74) is 7.25. The Labute approximate surface area is 105 Å². The SMILES string of the molecule is Cc1cnn(-c2ccc(N)cc2F)c1.Cl.Cl. The third-order valence-corrected chi connectivity index (χ3v) is 1.93. The van der Waals surface area contributed by atoms with Crippen molar-refractivity contribution < 1.29 is 4.39 Å². The van der Waals surface area contributed by atoms with Crippen LogP contribution in [0.15, 0.2) is 30.6 Å². The lowest BCUT2D eigenvalue weighted by atomic mass is 10.3. The molecule has 6 heteroatoms. The van der Waals surface area contributed by atoms with Gasteiger partial charge in [-0.05, 0) is 30.7 Å². The van der Waals surface area contributed by atoms with Crippen molar-refractivity contribution in [3.8, 4) is 5.69 Å². The number of rotatable bonds is 1. The van der Waals surface area contributed by atoms with Gasteiger partial charge in [0, 0.05) is 11.9 Å². The van der Waals surface area contributed by atoms with Gasteiger partial charge in [0.2, 0.25) is 0 Å². The molecule has 0 saturated heterocycles. The number of anilines is 1. The van der Waals surface area contributed by atoms with E-state index in [0.29, 0.717) is 11.4 Å². The van der Waals surface area contributed by atoms with Crippen LogP contribution in [0.2, 0.25) is 0 Å². The Morgan fingerprint density at radius 1 is 1.31 bits per heavy atom. The molecule has 0 aliphatic carbocycles. The second-order valence-electron chi connectivity index (χ2n) is 3.17. The smallest absolute Gasteiger partial charge is 0.150 e. The predicted octanol–water partition coefficient (Wildman–Crippen LogP) is 2.75. The quantitative estimate of drug-likeness (QED) is 0.805. The molecule has 0 radical (unpaired) electrons. The fraction of sp³-hybridized carbons (Fsp3) is 0.100. The standard InChI is InChI=1S/C10H10FN3.2ClH/c1-7-5-13-14(6-7)10-3-2-8(12)4-9(10)11;;/h2-6H,12H2,1H3;2*1H. The van der Waals surface area contributed by atoms with E-state index in [4.69, 9.17) is 5.73 Å². The number of nitrogens with two attached hydrogens (primary N) is 1. The molecule has 0 bridgehead atoms. The van der Waals surface area contributed by atoms with Gasteiger partial charge in [0.15, 0.2) is 5.82 Å². The minimum atomic E-state index is -0.367. The molecular formula is C10H12Cl2FN3. The number of nitrogens with zero attached hydrogens (tertiary/aromatic N) is 2. The van der Waals surface area contributed by atoms with E-state index in [1.165, 1.54) is 10.7 Å². The molecule has 2 N–H and O–H groups in total. The van der Waals surface area contributed by atoms with Crippen LogP contribution < -0.4 is 5.73 Å². The monoisotopic (exact) mass is 263 g/mol. The van der Waals surface area contributed by atoms with Crippen molar-refractivity contribution in [1.82, 2.24) is 9.78 Å². The van der Waals surface area contributed by atoms with Gasteiger partial charge in [-0.15, -0.1) is 24.8 Å². The lowest BCUT2D eigenvalue weighted by Crippen LogP contribution is -1.98. The predicted molar refractivity (Wildman–Crippen MR) is 67.2 cm³/mol. The molecule has 0 fully saturated rings. The van der Waals surface area contributed by atoms with Crippen LogP contribution in [0.3, 0.4) is 0 Å². The topological polar surface area (TPSA) is 43.8 Å². The van der Waals surface area contributed by atoms with Crippen molar-refractivity contribution in [3.63, 3.8) is 0 Å². The van der Waals surface area contributed by atoms with Gasteiger partial charge >= 0.3 is 0 Å². The summed E-state index contributed by atoms with van der Waals surface area (Å²) >= 11 is 0. The molecule has 88 valence electrons. The van der Waals surface area contributed by atoms with Crippen LogP contribution in [-0.4, -0.2) is 9.78 Å². The van der Waals surface area contributed by atoms with Crippen molar-refractivity contribution in [2.24, 2.45) is 0 Å². The minimum absolute atomic E-state index is 0. The first-order valence-corrected chi connectivity index (χ1v) is 4.23. The zero-order valence-corrected chi connectivity index (χ0v) is 10.2. The maximum Gasteiger partial charge on any atom is 0.150 e. The maximum atomic E-state index is 13.4. The van der Waals surface area contributed by atoms with Crippen molar-refractivity contribution in [1.29, 1.82) is 0 Å².